The van der Waals surface area contributed by atoms with Gasteiger partial charge in [-0.05, 0) is 61.7 Å². The second kappa shape index (κ2) is 11.3. The number of piperidine rings is 1. The van der Waals surface area contributed by atoms with Crippen LogP contribution >= 0.6 is 0 Å². The largest absolute Gasteiger partial charge is 0.493 e. The average molecular weight is 500 g/mol. The smallest absolute Gasteiger partial charge is 0.161 e. The third kappa shape index (κ3) is 6.16. The first-order valence-electron chi connectivity index (χ1n) is 12.1. The van der Waals surface area contributed by atoms with Gasteiger partial charge in [0.25, 0.3) is 0 Å². The number of nitrogens with zero attached hydrogens (tertiary/aromatic N) is 3. The van der Waals surface area contributed by atoms with E-state index in [4.69, 9.17) is 14.2 Å². The van der Waals surface area contributed by atoms with Gasteiger partial charge in [0.2, 0.25) is 0 Å². The molecule has 9 heteroatoms. The molecule has 3 aromatic rings. The molecule has 1 aromatic heterocycles. The van der Waals surface area contributed by atoms with E-state index in [0.717, 1.165) is 11.4 Å². The Bertz CT molecular complexity index is 1170. The highest BCUT2D eigenvalue weighted by Crippen LogP contribution is 2.30. The minimum atomic E-state index is -1.45. The average Bonchev–Trinajstić information content (AvgIpc) is 3.27. The molecule has 1 fully saturated rings. The summed E-state index contributed by atoms with van der Waals surface area (Å²) in [6.07, 6.45) is 3.18. The Labute approximate surface area is 210 Å². The number of benzene rings is 2. The lowest BCUT2D eigenvalue weighted by atomic mass is 9.90. The predicted octanol–water partition coefficient (Wildman–Crippen LogP) is 3.10. The van der Waals surface area contributed by atoms with E-state index < -0.39 is 11.7 Å². The van der Waals surface area contributed by atoms with Gasteiger partial charge in [-0.15, -0.1) is 0 Å². The number of aromatic nitrogens is 2. The van der Waals surface area contributed by atoms with Gasteiger partial charge < -0.3 is 29.0 Å². The van der Waals surface area contributed by atoms with Crippen molar-refractivity contribution in [3.63, 3.8) is 0 Å². The molecule has 0 amide bonds. The van der Waals surface area contributed by atoms with E-state index in [1.807, 2.05) is 35.9 Å². The monoisotopic (exact) mass is 499 g/mol. The first kappa shape index (κ1) is 25.9. The lowest BCUT2D eigenvalue weighted by Crippen LogP contribution is -2.59. The van der Waals surface area contributed by atoms with Crippen LogP contribution in [0.3, 0.4) is 0 Å². The zero-order valence-electron chi connectivity index (χ0n) is 21.0. The SMILES string of the molecule is COc1cc(CN2CC[C@H](O)[C@@](O)(COc3ccc(F)c(C)c3)C2)ccc1OCCn1ccnc1C. The Balaban J connectivity index is 1.35. The quantitative estimate of drug-likeness (QED) is 0.443. The first-order valence-corrected chi connectivity index (χ1v) is 12.1. The summed E-state index contributed by atoms with van der Waals surface area (Å²) in [5.74, 6) is 2.37. The summed E-state index contributed by atoms with van der Waals surface area (Å²) in [5.41, 5.74) is 0.0149. The Kier molecular flexibility index (Phi) is 8.13. The standard InChI is InChI=1S/C27H34FN3O5/c1-19-14-22(5-6-23(19)28)36-18-27(33)17-30(10-8-26(27)32)16-21-4-7-24(25(15-21)34-3)35-13-12-31-11-9-29-20(31)2/h4-7,9,11,14-15,26,32-33H,8,10,12-13,16-18H2,1-3H3/t26-,27-/m0/s1. The van der Waals surface area contributed by atoms with E-state index in [2.05, 4.69) is 9.88 Å². The van der Waals surface area contributed by atoms with E-state index in [1.165, 1.54) is 12.1 Å². The molecular formula is C27H34FN3O5. The molecule has 2 atom stereocenters. The van der Waals surface area contributed by atoms with Crippen molar-refractivity contribution in [3.05, 3.63) is 71.6 Å². The van der Waals surface area contributed by atoms with Crippen LogP contribution in [0.5, 0.6) is 17.2 Å². The minimum Gasteiger partial charge on any atom is -0.493 e. The summed E-state index contributed by atoms with van der Waals surface area (Å²) in [6, 6.07) is 10.2. The van der Waals surface area contributed by atoms with E-state index in [9.17, 15) is 14.6 Å². The number of likely N-dealkylation sites (tertiary alicyclic amines) is 1. The second-order valence-corrected chi connectivity index (χ2v) is 9.32. The van der Waals surface area contributed by atoms with Crippen LogP contribution in [-0.4, -0.2) is 69.8 Å². The molecule has 1 aliphatic rings. The number of rotatable bonds is 10. The first-order chi connectivity index (χ1) is 17.3. The summed E-state index contributed by atoms with van der Waals surface area (Å²) < 4.78 is 32.8. The van der Waals surface area contributed by atoms with Gasteiger partial charge in [0.05, 0.1) is 19.8 Å². The third-order valence-corrected chi connectivity index (χ3v) is 6.60. The maximum absolute atomic E-state index is 13.5. The fourth-order valence-corrected chi connectivity index (χ4v) is 4.42. The molecule has 2 aromatic carbocycles. The van der Waals surface area contributed by atoms with E-state index in [-0.39, 0.29) is 19.0 Å². The molecule has 36 heavy (non-hydrogen) atoms. The van der Waals surface area contributed by atoms with Gasteiger partial charge in [-0.1, -0.05) is 6.07 Å². The number of ether oxygens (including phenoxy) is 3. The van der Waals surface area contributed by atoms with Crippen molar-refractivity contribution in [1.29, 1.82) is 0 Å². The number of β-amino-alcohol motifs (C(OH)–C–C–N with tert-alkyl or cyclic N) is 1. The molecule has 2 heterocycles. The van der Waals surface area contributed by atoms with Gasteiger partial charge in [-0.25, -0.2) is 9.37 Å². The Hall–Kier alpha value is -3.14. The van der Waals surface area contributed by atoms with Gasteiger partial charge in [0.1, 0.15) is 36.2 Å². The lowest BCUT2D eigenvalue weighted by Gasteiger charge is -2.42. The highest BCUT2D eigenvalue weighted by molar-refractivity contribution is 5.43. The Morgan fingerprint density at radius 2 is 1.97 bits per heavy atom. The zero-order chi connectivity index (χ0) is 25.7. The van der Waals surface area contributed by atoms with Crippen LogP contribution in [0.25, 0.3) is 0 Å². The van der Waals surface area contributed by atoms with Crippen LogP contribution in [0, 0.1) is 19.7 Å². The van der Waals surface area contributed by atoms with Crippen LogP contribution in [-0.2, 0) is 13.1 Å². The highest BCUT2D eigenvalue weighted by Gasteiger charge is 2.42. The molecule has 0 bridgehead atoms. The van der Waals surface area contributed by atoms with Gasteiger partial charge in [0, 0.05) is 32.0 Å². The van der Waals surface area contributed by atoms with Crippen LogP contribution in [0.4, 0.5) is 4.39 Å². The molecular weight excluding hydrogens is 465 g/mol. The number of halogens is 1. The van der Waals surface area contributed by atoms with Crippen molar-refractivity contribution in [2.45, 2.75) is 45.1 Å². The van der Waals surface area contributed by atoms with Crippen LogP contribution < -0.4 is 14.2 Å². The number of aliphatic hydroxyl groups excluding tert-OH is 1. The topological polar surface area (TPSA) is 89.2 Å². The van der Waals surface area contributed by atoms with E-state index in [1.54, 1.807) is 26.3 Å². The molecule has 0 unspecified atom stereocenters. The van der Waals surface area contributed by atoms with Crippen molar-refractivity contribution in [2.75, 3.05) is 33.4 Å². The fourth-order valence-electron chi connectivity index (χ4n) is 4.42. The molecule has 8 nitrogen and oxygen atoms in total. The minimum absolute atomic E-state index is 0.0950. The number of methoxy groups -OCH3 is 1. The predicted molar refractivity (Wildman–Crippen MR) is 133 cm³/mol. The van der Waals surface area contributed by atoms with E-state index >= 15 is 0 Å². The number of imidazole rings is 1. The number of hydrogen-bond acceptors (Lipinski definition) is 7. The number of aliphatic hydroxyl groups is 2. The van der Waals surface area contributed by atoms with Crippen LogP contribution in [0.1, 0.15) is 23.4 Å². The fraction of sp³-hybridized carbons (Fsp3) is 0.444. The molecule has 0 radical (unpaired) electrons. The number of aryl methyl sites for hydroxylation is 2. The molecule has 4 rings (SSSR count). The molecule has 1 aliphatic heterocycles. The van der Waals surface area contributed by atoms with E-state index in [0.29, 0.717) is 55.5 Å². The summed E-state index contributed by atoms with van der Waals surface area (Å²) in [5, 5.41) is 21.7. The third-order valence-electron chi connectivity index (χ3n) is 6.60. The maximum Gasteiger partial charge on any atom is 0.161 e. The van der Waals surface area contributed by atoms with Gasteiger partial charge >= 0.3 is 0 Å². The summed E-state index contributed by atoms with van der Waals surface area (Å²) in [7, 11) is 1.61. The van der Waals surface area contributed by atoms with Crippen molar-refractivity contribution in [2.24, 2.45) is 0 Å². The highest BCUT2D eigenvalue weighted by atomic mass is 19.1. The molecule has 1 saturated heterocycles. The molecule has 0 saturated carbocycles. The molecule has 0 aliphatic carbocycles. The molecule has 2 N–H and O–H groups in total. The van der Waals surface area contributed by atoms with Gasteiger partial charge in [-0.3, -0.25) is 4.90 Å². The molecule has 194 valence electrons. The lowest BCUT2D eigenvalue weighted by molar-refractivity contribution is -0.140. The van der Waals surface area contributed by atoms with Crippen molar-refractivity contribution in [3.8, 4) is 17.2 Å². The van der Waals surface area contributed by atoms with Crippen LogP contribution in [0.2, 0.25) is 0 Å². The Morgan fingerprint density at radius 1 is 1.14 bits per heavy atom. The van der Waals surface area contributed by atoms with Gasteiger partial charge in [-0.2, -0.15) is 0 Å². The van der Waals surface area contributed by atoms with Crippen LogP contribution in [0.15, 0.2) is 48.8 Å². The second-order valence-electron chi connectivity index (χ2n) is 9.32. The van der Waals surface area contributed by atoms with Crippen molar-refractivity contribution < 1.29 is 28.8 Å². The zero-order valence-corrected chi connectivity index (χ0v) is 21.0. The maximum atomic E-state index is 13.5. The van der Waals surface area contributed by atoms with Crippen molar-refractivity contribution in [1.82, 2.24) is 14.5 Å². The summed E-state index contributed by atoms with van der Waals surface area (Å²) >= 11 is 0. The normalized spacial score (nSPS) is 20.3. The molecule has 0 spiro atoms. The number of hydrogen-bond donors (Lipinski definition) is 2. The summed E-state index contributed by atoms with van der Waals surface area (Å²) in [4.78, 5) is 6.29. The Morgan fingerprint density at radius 3 is 2.69 bits per heavy atom. The summed E-state index contributed by atoms with van der Waals surface area (Å²) in [6.45, 7) is 6.11. The van der Waals surface area contributed by atoms with Gasteiger partial charge in [0.15, 0.2) is 11.5 Å². The van der Waals surface area contributed by atoms with Crippen molar-refractivity contribution >= 4 is 0 Å².